The van der Waals surface area contributed by atoms with Crippen LogP contribution >= 0.6 is 0 Å². The fourth-order valence-corrected chi connectivity index (χ4v) is 4.51. The maximum absolute atomic E-state index is 3.85. The number of hydrogen-bond donors (Lipinski definition) is 1. The molecule has 1 saturated carbocycles. The van der Waals surface area contributed by atoms with Crippen molar-refractivity contribution in [2.75, 3.05) is 26.2 Å². The van der Waals surface area contributed by atoms with Gasteiger partial charge in [-0.1, -0.05) is 33.6 Å². The summed E-state index contributed by atoms with van der Waals surface area (Å²) in [5, 5.41) is 3.85. The van der Waals surface area contributed by atoms with Gasteiger partial charge in [0.05, 0.1) is 0 Å². The van der Waals surface area contributed by atoms with Crippen molar-refractivity contribution in [1.82, 2.24) is 10.2 Å². The largest absolute Gasteiger partial charge is 0.314 e. The van der Waals surface area contributed by atoms with Gasteiger partial charge in [-0.15, -0.1) is 0 Å². The lowest BCUT2D eigenvalue weighted by atomic mass is 9.76. The molecule has 2 aliphatic rings. The zero-order chi connectivity index (χ0) is 15.1. The van der Waals surface area contributed by atoms with Crippen molar-refractivity contribution >= 4 is 0 Å². The van der Waals surface area contributed by atoms with Crippen LogP contribution in [0.1, 0.15) is 72.1 Å². The molecule has 2 rings (SSSR count). The number of hydrogen-bond acceptors (Lipinski definition) is 2. The van der Waals surface area contributed by atoms with Gasteiger partial charge in [0.25, 0.3) is 0 Å². The van der Waals surface area contributed by atoms with Crippen molar-refractivity contribution in [2.24, 2.45) is 17.8 Å². The van der Waals surface area contributed by atoms with Gasteiger partial charge in [-0.05, 0) is 69.4 Å². The second kappa shape index (κ2) is 9.15. The Morgan fingerprint density at radius 2 is 1.81 bits per heavy atom. The molecule has 1 aliphatic carbocycles. The van der Waals surface area contributed by atoms with E-state index < -0.39 is 0 Å². The van der Waals surface area contributed by atoms with Crippen LogP contribution < -0.4 is 5.32 Å². The number of likely N-dealkylation sites (tertiary alicyclic amines) is 1. The first-order chi connectivity index (χ1) is 10.3. The van der Waals surface area contributed by atoms with E-state index in [4.69, 9.17) is 0 Å². The minimum absolute atomic E-state index is 0.787. The fourth-order valence-electron chi connectivity index (χ4n) is 4.51. The molecular formula is C19H38N2. The van der Waals surface area contributed by atoms with Crippen molar-refractivity contribution in [1.29, 1.82) is 0 Å². The number of rotatable bonds is 7. The van der Waals surface area contributed by atoms with Gasteiger partial charge in [-0.2, -0.15) is 0 Å². The molecule has 2 fully saturated rings. The summed E-state index contributed by atoms with van der Waals surface area (Å²) in [5.74, 6) is 2.85. The molecule has 1 aliphatic heterocycles. The summed E-state index contributed by atoms with van der Waals surface area (Å²) < 4.78 is 0. The highest BCUT2D eigenvalue weighted by Crippen LogP contribution is 2.33. The zero-order valence-corrected chi connectivity index (χ0v) is 14.7. The summed E-state index contributed by atoms with van der Waals surface area (Å²) in [4.78, 5) is 2.79. The van der Waals surface area contributed by atoms with Crippen LogP contribution in [0.2, 0.25) is 0 Å². The Bertz CT molecular complexity index is 279. The lowest BCUT2D eigenvalue weighted by molar-refractivity contribution is 0.103. The molecule has 2 heteroatoms. The van der Waals surface area contributed by atoms with Crippen LogP contribution in [0.25, 0.3) is 0 Å². The highest BCUT2D eigenvalue weighted by atomic mass is 15.1. The third kappa shape index (κ3) is 5.25. The van der Waals surface area contributed by atoms with E-state index >= 15 is 0 Å². The third-order valence-electron chi connectivity index (χ3n) is 6.00. The molecule has 0 aromatic rings. The van der Waals surface area contributed by atoms with E-state index in [1.54, 1.807) is 0 Å². The lowest BCUT2D eigenvalue weighted by Gasteiger charge is -2.41. The zero-order valence-electron chi connectivity index (χ0n) is 14.7. The van der Waals surface area contributed by atoms with Crippen LogP contribution in [-0.2, 0) is 0 Å². The minimum atomic E-state index is 0.787. The van der Waals surface area contributed by atoms with Gasteiger partial charge < -0.3 is 10.2 Å². The van der Waals surface area contributed by atoms with Crippen LogP contribution in [0.3, 0.4) is 0 Å². The Morgan fingerprint density at radius 3 is 2.52 bits per heavy atom. The Labute approximate surface area is 133 Å². The Morgan fingerprint density at radius 1 is 1.00 bits per heavy atom. The molecule has 0 radical (unpaired) electrons. The van der Waals surface area contributed by atoms with Crippen LogP contribution in [0, 0.1) is 17.8 Å². The first kappa shape index (κ1) is 17.3. The number of nitrogens with zero attached hydrogens (tertiary/aromatic N) is 1. The smallest absolute Gasteiger partial charge is 0.0108 e. The highest BCUT2D eigenvalue weighted by Gasteiger charge is 2.31. The summed E-state index contributed by atoms with van der Waals surface area (Å²) in [6, 6.07) is 0.787. The van der Waals surface area contributed by atoms with Gasteiger partial charge in [-0.3, -0.25) is 0 Å². The molecule has 4 unspecified atom stereocenters. The van der Waals surface area contributed by atoms with E-state index in [-0.39, 0.29) is 0 Å². The first-order valence-corrected chi connectivity index (χ1v) is 9.72. The molecule has 4 atom stereocenters. The fraction of sp³-hybridized carbons (Fsp3) is 1.00. The van der Waals surface area contributed by atoms with Crippen molar-refractivity contribution in [3.63, 3.8) is 0 Å². The summed E-state index contributed by atoms with van der Waals surface area (Å²) >= 11 is 0. The van der Waals surface area contributed by atoms with Gasteiger partial charge in [0.2, 0.25) is 0 Å². The average Bonchev–Trinajstić information content (AvgIpc) is 2.53. The van der Waals surface area contributed by atoms with Crippen molar-refractivity contribution in [2.45, 2.75) is 78.2 Å². The van der Waals surface area contributed by atoms with Crippen molar-refractivity contribution < 1.29 is 0 Å². The SMILES string of the molecule is CCCNC1CCC(CC)CC1CN1CCCC(CC)C1. The topological polar surface area (TPSA) is 15.3 Å². The van der Waals surface area contributed by atoms with E-state index in [1.165, 1.54) is 77.5 Å². The predicted molar refractivity (Wildman–Crippen MR) is 92.7 cm³/mol. The summed E-state index contributed by atoms with van der Waals surface area (Å²) in [7, 11) is 0. The van der Waals surface area contributed by atoms with E-state index in [0.29, 0.717) is 0 Å². The molecular weight excluding hydrogens is 256 g/mol. The van der Waals surface area contributed by atoms with Gasteiger partial charge >= 0.3 is 0 Å². The minimum Gasteiger partial charge on any atom is -0.314 e. The van der Waals surface area contributed by atoms with Gasteiger partial charge in [-0.25, -0.2) is 0 Å². The number of piperidine rings is 1. The maximum atomic E-state index is 3.85. The molecule has 0 bridgehead atoms. The summed E-state index contributed by atoms with van der Waals surface area (Å²) in [6.07, 6.45) is 11.2. The molecule has 0 aromatic carbocycles. The molecule has 1 heterocycles. The third-order valence-corrected chi connectivity index (χ3v) is 6.00. The summed E-state index contributed by atoms with van der Waals surface area (Å²) in [5.41, 5.74) is 0. The maximum Gasteiger partial charge on any atom is 0.0108 e. The second-order valence-electron chi connectivity index (χ2n) is 7.58. The molecule has 21 heavy (non-hydrogen) atoms. The quantitative estimate of drug-likeness (QED) is 0.753. The van der Waals surface area contributed by atoms with Gasteiger partial charge in [0.1, 0.15) is 0 Å². The standard InChI is InChI=1S/C19H38N2/c1-4-11-20-19-10-9-16(5-2)13-18(19)15-21-12-7-8-17(6-3)14-21/h16-20H,4-15H2,1-3H3. The van der Waals surface area contributed by atoms with E-state index in [2.05, 4.69) is 31.0 Å². The Hall–Kier alpha value is -0.0800. The van der Waals surface area contributed by atoms with Crippen molar-refractivity contribution in [3.8, 4) is 0 Å². The molecule has 1 saturated heterocycles. The Balaban J connectivity index is 1.88. The lowest BCUT2D eigenvalue weighted by Crippen LogP contribution is -2.48. The monoisotopic (exact) mass is 294 g/mol. The normalized spacial score (nSPS) is 35.0. The first-order valence-electron chi connectivity index (χ1n) is 9.72. The molecule has 124 valence electrons. The van der Waals surface area contributed by atoms with Crippen LogP contribution in [0.4, 0.5) is 0 Å². The van der Waals surface area contributed by atoms with Crippen molar-refractivity contribution in [3.05, 3.63) is 0 Å². The molecule has 0 amide bonds. The number of nitrogens with one attached hydrogen (secondary N) is 1. The van der Waals surface area contributed by atoms with E-state index in [9.17, 15) is 0 Å². The summed E-state index contributed by atoms with van der Waals surface area (Å²) in [6.45, 7) is 12.3. The molecule has 2 nitrogen and oxygen atoms in total. The molecule has 1 N–H and O–H groups in total. The second-order valence-corrected chi connectivity index (χ2v) is 7.58. The van der Waals surface area contributed by atoms with Gasteiger partial charge in [0, 0.05) is 19.1 Å². The van der Waals surface area contributed by atoms with Crippen LogP contribution in [-0.4, -0.2) is 37.1 Å². The van der Waals surface area contributed by atoms with E-state index in [0.717, 1.165) is 23.8 Å². The average molecular weight is 295 g/mol. The van der Waals surface area contributed by atoms with E-state index in [1.807, 2.05) is 0 Å². The van der Waals surface area contributed by atoms with Gasteiger partial charge in [0.15, 0.2) is 0 Å². The van der Waals surface area contributed by atoms with Crippen LogP contribution in [0.15, 0.2) is 0 Å². The molecule has 0 aromatic heterocycles. The Kier molecular flexibility index (Phi) is 7.53. The predicted octanol–water partition coefficient (Wildman–Crippen LogP) is 4.30. The van der Waals surface area contributed by atoms with Crippen LogP contribution in [0.5, 0.6) is 0 Å². The highest BCUT2D eigenvalue weighted by molar-refractivity contribution is 4.87. The molecule has 0 spiro atoms.